The Morgan fingerprint density at radius 3 is 2.81 bits per heavy atom. The van der Waals surface area contributed by atoms with Crippen molar-refractivity contribution in [1.29, 1.82) is 0 Å². The molecule has 0 aliphatic heterocycles. The van der Waals surface area contributed by atoms with E-state index in [2.05, 4.69) is 14.9 Å². The summed E-state index contributed by atoms with van der Waals surface area (Å²) in [6.07, 6.45) is 1.48. The Morgan fingerprint density at radius 2 is 2.25 bits per heavy atom. The molecule has 2 aromatic heterocycles. The van der Waals surface area contributed by atoms with Crippen molar-refractivity contribution in [1.82, 2.24) is 19.6 Å². The molecule has 0 aromatic carbocycles. The van der Waals surface area contributed by atoms with Gasteiger partial charge in [0.2, 0.25) is 5.88 Å². The number of nitrogens with two attached hydrogens (primary N) is 1. The third-order valence-corrected chi connectivity index (χ3v) is 1.92. The molecule has 16 heavy (non-hydrogen) atoms. The van der Waals surface area contributed by atoms with E-state index in [4.69, 9.17) is 5.73 Å². The highest BCUT2D eigenvalue weighted by molar-refractivity contribution is 5.38. The quantitative estimate of drug-likeness (QED) is 0.844. The van der Waals surface area contributed by atoms with Gasteiger partial charge in [0.05, 0.1) is 6.20 Å². The fraction of sp³-hybridized carbons (Fsp3) is 0.250. The first-order valence-corrected chi connectivity index (χ1v) is 4.36. The molecule has 0 saturated heterocycles. The smallest absolute Gasteiger partial charge is 0.388 e. The van der Waals surface area contributed by atoms with Crippen molar-refractivity contribution in [3.63, 3.8) is 0 Å². The molecule has 0 unspecified atom stereocenters. The Bertz CT molecular complexity index is 492. The maximum absolute atomic E-state index is 12.0. The molecule has 8 heteroatoms. The van der Waals surface area contributed by atoms with Crippen molar-refractivity contribution < 1.29 is 13.5 Å². The Hall–Kier alpha value is -2.12. The Balaban J connectivity index is 2.34. The summed E-state index contributed by atoms with van der Waals surface area (Å²) in [5, 5.41) is 7.84. The molecule has 2 heterocycles. The number of hydrogen-bond donors (Lipinski definition) is 1. The van der Waals surface area contributed by atoms with Crippen LogP contribution < -0.4 is 10.5 Å². The van der Waals surface area contributed by atoms with Crippen LogP contribution in [-0.4, -0.2) is 26.2 Å². The van der Waals surface area contributed by atoms with Gasteiger partial charge in [-0.15, -0.1) is 5.10 Å². The topological polar surface area (TPSA) is 70.9 Å². The van der Waals surface area contributed by atoms with Crippen LogP contribution in [0.25, 0.3) is 5.82 Å². The minimum Gasteiger partial charge on any atom is -0.417 e. The average molecular weight is 229 g/mol. The van der Waals surface area contributed by atoms with Crippen LogP contribution in [0.3, 0.4) is 0 Å². The van der Waals surface area contributed by atoms with E-state index in [1.807, 2.05) is 0 Å². The molecule has 0 aliphatic rings. The zero-order valence-electron chi connectivity index (χ0n) is 8.34. The molecule has 0 saturated carbocycles. The zero-order chi connectivity index (χ0) is 11.7. The van der Waals surface area contributed by atoms with Crippen LogP contribution in [0.4, 0.5) is 14.6 Å². The number of aryl methyl sites for hydroxylation is 1. The lowest BCUT2D eigenvalue weighted by atomic mass is 10.6. The maximum Gasteiger partial charge on any atom is 0.388 e. The molecule has 6 nitrogen and oxygen atoms in total. The molecule has 0 radical (unpaired) electrons. The number of ether oxygens (including phenoxy) is 1. The molecule has 2 N–H and O–H groups in total. The lowest BCUT2D eigenvalue weighted by Gasteiger charge is -2.01. The van der Waals surface area contributed by atoms with E-state index in [9.17, 15) is 8.78 Å². The number of anilines is 1. The summed E-state index contributed by atoms with van der Waals surface area (Å²) in [7, 11) is 1.49. The van der Waals surface area contributed by atoms with Gasteiger partial charge in [-0.1, -0.05) is 0 Å². The van der Waals surface area contributed by atoms with Gasteiger partial charge in [0.15, 0.2) is 5.82 Å². The minimum atomic E-state index is -2.89. The summed E-state index contributed by atoms with van der Waals surface area (Å²) in [5.41, 5.74) is 5.60. The molecular formula is C8H9F2N5O. The number of nitrogen functional groups attached to an aromatic ring is 1. The summed E-state index contributed by atoms with van der Waals surface area (Å²) in [5.74, 6) is 0.627. The first-order valence-electron chi connectivity index (χ1n) is 4.36. The predicted molar refractivity (Wildman–Crippen MR) is 51.4 cm³/mol. The number of hydrogen-bond acceptors (Lipinski definition) is 4. The molecule has 0 spiro atoms. The van der Waals surface area contributed by atoms with E-state index in [-0.39, 0.29) is 5.88 Å². The van der Waals surface area contributed by atoms with Gasteiger partial charge in [0.25, 0.3) is 0 Å². The minimum absolute atomic E-state index is 0.0556. The van der Waals surface area contributed by atoms with E-state index >= 15 is 0 Å². The van der Waals surface area contributed by atoms with Gasteiger partial charge >= 0.3 is 6.61 Å². The number of nitrogens with zero attached hydrogens (tertiary/aromatic N) is 4. The lowest BCUT2D eigenvalue weighted by Crippen LogP contribution is -2.06. The van der Waals surface area contributed by atoms with Crippen LogP contribution in [0, 0.1) is 0 Å². The summed E-state index contributed by atoms with van der Waals surface area (Å²) in [6, 6.07) is 2.90. The maximum atomic E-state index is 12.0. The van der Waals surface area contributed by atoms with Crippen molar-refractivity contribution in [2.24, 2.45) is 7.05 Å². The number of rotatable bonds is 3. The van der Waals surface area contributed by atoms with Crippen LogP contribution in [-0.2, 0) is 7.05 Å². The van der Waals surface area contributed by atoms with Gasteiger partial charge in [-0.25, -0.2) is 4.68 Å². The third kappa shape index (κ3) is 1.81. The number of halogens is 2. The van der Waals surface area contributed by atoms with Crippen LogP contribution in [0.5, 0.6) is 5.88 Å². The average Bonchev–Trinajstić information content (AvgIpc) is 2.73. The number of alkyl halides is 2. The van der Waals surface area contributed by atoms with E-state index in [0.29, 0.717) is 11.6 Å². The molecule has 0 fully saturated rings. The summed E-state index contributed by atoms with van der Waals surface area (Å²) in [4.78, 5) is 0. The van der Waals surface area contributed by atoms with E-state index in [1.54, 1.807) is 6.07 Å². The highest BCUT2D eigenvalue weighted by Crippen LogP contribution is 2.18. The van der Waals surface area contributed by atoms with Crippen molar-refractivity contribution in [2.75, 3.05) is 5.73 Å². The molecule has 2 aromatic rings. The molecular weight excluding hydrogens is 220 g/mol. The van der Waals surface area contributed by atoms with Crippen molar-refractivity contribution >= 4 is 5.82 Å². The Kier molecular flexibility index (Phi) is 2.47. The summed E-state index contributed by atoms with van der Waals surface area (Å²) < 4.78 is 30.8. The SMILES string of the molecule is Cn1nc(-n2nccc2N)cc1OC(F)F. The highest BCUT2D eigenvalue weighted by Gasteiger charge is 2.13. The summed E-state index contributed by atoms with van der Waals surface area (Å²) >= 11 is 0. The highest BCUT2D eigenvalue weighted by atomic mass is 19.3. The second kappa shape index (κ2) is 3.80. The zero-order valence-corrected chi connectivity index (χ0v) is 8.34. The van der Waals surface area contributed by atoms with Gasteiger partial charge < -0.3 is 10.5 Å². The van der Waals surface area contributed by atoms with E-state index in [0.717, 1.165) is 0 Å². The molecule has 86 valence electrons. The van der Waals surface area contributed by atoms with Gasteiger partial charge in [0.1, 0.15) is 5.82 Å². The Morgan fingerprint density at radius 1 is 1.50 bits per heavy atom. The van der Waals surface area contributed by atoms with Crippen LogP contribution in [0.1, 0.15) is 0 Å². The van der Waals surface area contributed by atoms with Crippen LogP contribution >= 0.6 is 0 Å². The fourth-order valence-electron chi connectivity index (χ4n) is 1.25. The van der Waals surface area contributed by atoms with Crippen LogP contribution in [0.15, 0.2) is 18.3 Å². The monoisotopic (exact) mass is 229 g/mol. The standard InChI is InChI=1S/C8H9F2N5O/c1-14-7(16-8(9)10)4-6(13-14)15-5(11)2-3-12-15/h2-4,8H,11H2,1H3. The number of aromatic nitrogens is 4. The van der Waals surface area contributed by atoms with E-state index < -0.39 is 6.61 Å². The largest absolute Gasteiger partial charge is 0.417 e. The fourth-order valence-corrected chi connectivity index (χ4v) is 1.25. The third-order valence-electron chi connectivity index (χ3n) is 1.92. The van der Waals surface area contributed by atoms with Crippen molar-refractivity contribution in [2.45, 2.75) is 6.61 Å². The second-order valence-corrected chi connectivity index (χ2v) is 3.01. The molecule has 0 amide bonds. The van der Waals surface area contributed by atoms with Crippen LogP contribution in [0.2, 0.25) is 0 Å². The molecule has 0 aliphatic carbocycles. The lowest BCUT2D eigenvalue weighted by molar-refractivity contribution is -0.0553. The van der Waals surface area contributed by atoms with E-state index in [1.165, 1.54) is 28.7 Å². The van der Waals surface area contributed by atoms with Gasteiger partial charge in [-0.2, -0.15) is 18.6 Å². The molecule has 0 atom stereocenters. The predicted octanol–water partition coefficient (Wildman–Crippen LogP) is 0.789. The Labute approximate surface area is 89.2 Å². The normalized spacial score (nSPS) is 11.0. The molecule has 0 bridgehead atoms. The first kappa shape index (κ1) is 10.4. The second-order valence-electron chi connectivity index (χ2n) is 3.01. The summed E-state index contributed by atoms with van der Waals surface area (Å²) in [6.45, 7) is -2.89. The first-order chi connectivity index (χ1) is 7.58. The van der Waals surface area contributed by atoms with Crippen molar-refractivity contribution in [3.8, 4) is 11.7 Å². The van der Waals surface area contributed by atoms with Gasteiger partial charge in [-0.05, 0) is 0 Å². The molecule has 2 rings (SSSR count). The van der Waals surface area contributed by atoms with Gasteiger partial charge in [-0.3, -0.25) is 0 Å². The van der Waals surface area contributed by atoms with Crippen molar-refractivity contribution in [3.05, 3.63) is 18.3 Å². The van der Waals surface area contributed by atoms with Gasteiger partial charge in [0, 0.05) is 19.2 Å².